The molecule has 25 heavy (non-hydrogen) atoms. The average molecular weight is 371 g/mol. The van der Waals surface area contributed by atoms with Crippen molar-refractivity contribution < 1.29 is 4.79 Å². The van der Waals surface area contributed by atoms with Crippen molar-refractivity contribution in [2.24, 2.45) is 5.73 Å². The number of thiophene rings is 1. The van der Waals surface area contributed by atoms with Crippen LogP contribution in [0.5, 0.6) is 0 Å². The molecule has 7 heteroatoms. The van der Waals surface area contributed by atoms with Crippen LogP contribution in [0.25, 0.3) is 10.2 Å². The van der Waals surface area contributed by atoms with E-state index in [0.717, 1.165) is 47.0 Å². The van der Waals surface area contributed by atoms with Gasteiger partial charge in [0.1, 0.15) is 10.1 Å². The summed E-state index contributed by atoms with van der Waals surface area (Å²) in [6.45, 7) is 0. The number of carbonyl (C=O) groups excluding carboxylic acids is 1. The highest BCUT2D eigenvalue weighted by Gasteiger charge is 2.23. The molecule has 0 saturated carbocycles. The molecule has 0 saturated heterocycles. The van der Waals surface area contributed by atoms with Gasteiger partial charge in [-0.1, -0.05) is 42.1 Å². The summed E-state index contributed by atoms with van der Waals surface area (Å²) in [7, 11) is 0. The summed E-state index contributed by atoms with van der Waals surface area (Å²) in [6.07, 6.45) is 4.25. The molecule has 2 heterocycles. The summed E-state index contributed by atoms with van der Waals surface area (Å²) in [5, 5.41) is 0.569. The first-order valence-corrected chi connectivity index (χ1v) is 9.88. The molecule has 1 amide bonds. The zero-order valence-corrected chi connectivity index (χ0v) is 15.1. The van der Waals surface area contributed by atoms with Crippen molar-refractivity contribution in [1.82, 2.24) is 9.97 Å². The Bertz CT molecular complexity index is 995. The number of primary amides is 1. The number of nitrogens with two attached hydrogens (primary N) is 1. The lowest BCUT2D eigenvalue weighted by Crippen LogP contribution is -2.20. The highest BCUT2D eigenvalue weighted by molar-refractivity contribution is 8.00. The summed E-state index contributed by atoms with van der Waals surface area (Å²) in [5.41, 5.74) is 7.41. The number of hydrogen-bond donors (Lipinski definition) is 2. The molecule has 5 nitrogen and oxygen atoms in total. The van der Waals surface area contributed by atoms with E-state index in [4.69, 9.17) is 5.73 Å². The number of hydrogen-bond acceptors (Lipinski definition) is 5. The van der Waals surface area contributed by atoms with Crippen LogP contribution in [0.1, 0.15) is 34.1 Å². The average Bonchev–Trinajstić information content (AvgIpc) is 2.99. The first kappa shape index (κ1) is 16.4. The van der Waals surface area contributed by atoms with Gasteiger partial charge in [-0.25, -0.2) is 4.98 Å². The van der Waals surface area contributed by atoms with Crippen LogP contribution >= 0.6 is 23.1 Å². The van der Waals surface area contributed by atoms with Crippen molar-refractivity contribution in [3.8, 4) is 0 Å². The van der Waals surface area contributed by atoms with Gasteiger partial charge in [-0.15, -0.1) is 11.3 Å². The number of nitrogens with zero attached hydrogens (tertiary/aromatic N) is 1. The number of carbonyl (C=O) groups is 1. The van der Waals surface area contributed by atoms with Crippen LogP contribution < -0.4 is 11.3 Å². The topological polar surface area (TPSA) is 88.8 Å². The summed E-state index contributed by atoms with van der Waals surface area (Å²) in [6, 6.07) is 9.30. The molecule has 3 N–H and O–H groups in total. The lowest BCUT2D eigenvalue weighted by Gasteiger charge is -2.12. The number of aromatic nitrogens is 2. The van der Waals surface area contributed by atoms with Gasteiger partial charge >= 0.3 is 0 Å². The van der Waals surface area contributed by atoms with Gasteiger partial charge in [-0.3, -0.25) is 9.59 Å². The molecule has 1 aromatic carbocycles. The summed E-state index contributed by atoms with van der Waals surface area (Å²) in [4.78, 5) is 34.0. The van der Waals surface area contributed by atoms with Crippen LogP contribution in [0.2, 0.25) is 0 Å². The van der Waals surface area contributed by atoms with E-state index in [1.165, 1.54) is 16.6 Å². The Labute approximate surface area is 152 Å². The Hall–Kier alpha value is -2.12. The Kier molecular flexibility index (Phi) is 4.35. The van der Waals surface area contributed by atoms with Gasteiger partial charge in [-0.2, -0.15) is 0 Å². The van der Waals surface area contributed by atoms with Crippen LogP contribution in [0.3, 0.4) is 0 Å². The van der Waals surface area contributed by atoms with Gasteiger partial charge in [0.05, 0.1) is 5.39 Å². The van der Waals surface area contributed by atoms with Crippen molar-refractivity contribution in [2.45, 2.75) is 36.1 Å². The lowest BCUT2D eigenvalue weighted by molar-refractivity contribution is -0.117. The highest BCUT2D eigenvalue weighted by atomic mass is 32.2. The minimum atomic E-state index is -0.587. The second-order valence-corrected chi connectivity index (χ2v) is 8.25. The maximum Gasteiger partial charge on any atom is 0.260 e. The predicted molar refractivity (Wildman–Crippen MR) is 101 cm³/mol. The molecule has 4 rings (SSSR count). The van der Waals surface area contributed by atoms with Gasteiger partial charge in [0.2, 0.25) is 5.91 Å². The monoisotopic (exact) mass is 371 g/mol. The fourth-order valence-corrected chi connectivity index (χ4v) is 5.48. The number of aryl methyl sites for hydroxylation is 2. The molecule has 3 aromatic rings. The summed E-state index contributed by atoms with van der Waals surface area (Å²) in [5.74, 6) is -0.454. The number of rotatable bonds is 4. The number of nitrogens with one attached hydrogen (secondary N) is 1. The molecule has 1 aliphatic carbocycles. The molecule has 0 bridgehead atoms. The van der Waals surface area contributed by atoms with Gasteiger partial charge in [0.25, 0.3) is 5.56 Å². The molecule has 0 radical (unpaired) electrons. The second kappa shape index (κ2) is 6.65. The number of thioether (sulfide) groups is 1. The van der Waals surface area contributed by atoms with E-state index in [9.17, 15) is 9.59 Å². The largest absolute Gasteiger partial charge is 0.368 e. The van der Waals surface area contributed by atoms with E-state index in [0.29, 0.717) is 5.16 Å². The SMILES string of the molecule is NC(=O)C(Sc1nc2sc3c(c2c(=O)[nH]1)CCCC3)c1ccccc1. The van der Waals surface area contributed by atoms with Crippen LogP contribution in [-0.2, 0) is 17.6 Å². The van der Waals surface area contributed by atoms with Crippen LogP contribution in [0.4, 0.5) is 0 Å². The van der Waals surface area contributed by atoms with E-state index in [1.54, 1.807) is 11.3 Å². The van der Waals surface area contributed by atoms with Crippen LogP contribution in [0, 0.1) is 0 Å². The fraction of sp³-hybridized carbons (Fsp3) is 0.278. The Balaban J connectivity index is 1.74. The Morgan fingerprint density at radius 3 is 2.76 bits per heavy atom. The normalized spacial score (nSPS) is 15.0. The maximum atomic E-state index is 12.6. The van der Waals surface area contributed by atoms with Crippen molar-refractivity contribution in [1.29, 1.82) is 0 Å². The zero-order valence-electron chi connectivity index (χ0n) is 13.5. The quantitative estimate of drug-likeness (QED) is 0.544. The molecule has 128 valence electrons. The molecule has 0 aliphatic heterocycles. The smallest absolute Gasteiger partial charge is 0.260 e. The van der Waals surface area contributed by atoms with Crippen molar-refractivity contribution >= 4 is 39.2 Å². The number of fused-ring (bicyclic) bond motifs is 3. The van der Waals surface area contributed by atoms with Gasteiger partial charge < -0.3 is 10.7 Å². The third kappa shape index (κ3) is 3.09. The zero-order chi connectivity index (χ0) is 17.4. The van der Waals surface area contributed by atoms with E-state index in [2.05, 4.69) is 9.97 Å². The number of aromatic amines is 1. The molecule has 0 spiro atoms. The molecular formula is C18H17N3O2S2. The van der Waals surface area contributed by atoms with Crippen molar-refractivity contribution in [2.75, 3.05) is 0 Å². The van der Waals surface area contributed by atoms with E-state index >= 15 is 0 Å². The Morgan fingerprint density at radius 2 is 2.00 bits per heavy atom. The van der Waals surface area contributed by atoms with E-state index in [1.807, 2.05) is 30.3 Å². The van der Waals surface area contributed by atoms with Crippen LogP contribution in [0.15, 0.2) is 40.3 Å². The summed E-state index contributed by atoms with van der Waals surface area (Å²) < 4.78 is 0. The molecule has 0 fully saturated rings. The minimum absolute atomic E-state index is 0.122. The lowest BCUT2D eigenvalue weighted by atomic mass is 9.97. The van der Waals surface area contributed by atoms with Crippen molar-refractivity contribution in [3.63, 3.8) is 0 Å². The first-order chi connectivity index (χ1) is 12.1. The molecule has 2 aromatic heterocycles. The highest BCUT2D eigenvalue weighted by Crippen LogP contribution is 2.36. The summed E-state index contributed by atoms with van der Waals surface area (Å²) >= 11 is 2.79. The maximum absolute atomic E-state index is 12.6. The van der Waals surface area contributed by atoms with Gasteiger partial charge in [-0.05, 0) is 36.8 Å². The third-order valence-corrected chi connectivity index (χ3v) is 6.74. The van der Waals surface area contributed by atoms with Crippen LogP contribution in [-0.4, -0.2) is 15.9 Å². The van der Waals surface area contributed by atoms with Crippen molar-refractivity contribution in [3.05, 3.63) is 56.7 Å². The first-order valence-electron chi connectivity index (χ1n) is 8.19. The van der Waals surface area contributed by atoms with Gasteiger partial charge in [0.15, 0.2) is 5.16 Å². The molecular weight excluding hydrogens is 354 g/mol. The number of H-pyrrole nitrogens is 1. The fourth-order valence-electron chi connectivity index (χ4n) is 3.23. The molecule has 1 unspecified atom stereocenters. The van der Waals surface area contributed by atoms with E-state index in [-0.39, 0.29) is 5.56 Å². The van der Waals surface area contributed by atoms with E-state index < -0.39 is 11.2 Å². The second-order valence-electron chi connectivity index (χ2n) is 6.07. The number of amides is 1. The minimum Gasteiger partial charge on any atom is -0.368 e. The molecule has 1 atom stereocenters. The third-order valence-electron chi connectivity index (χ3n) is 4.39. The van der Waals surface area contributed by atoms with Gasteiger partial charge in [0, 0.05) is 4.88 Å². The standard InChI is InChI=1S/C18H17N3O2S2/c19-15(22)14(10-6-2-1-3-7-10)25-18-20-16(23)13-11-8-4-5-9-12(11)24-17(13)21-18/h1-3,6-7,14H,4-5,8-9H2,(H2,19,22)(H,20,21,23). The molecule has 1 aliphatic rings. The Morgan fingerprint density at radius 1 is 1.24 bits per heavy atom. The number of benzene rings is 1. The predicted octanol–water partition coefficient (Wildman–Crippen LogP) is 3.18.